The van der Waals surface area contributed by atoms with Crippen LogP contribution in [0.25, 0.3) is 10.9 Å². The Morgan fingerprint density at radius 2 is 1.96 bits per heavy atom. The van der Waals surface area contributed by atoms with Crippen molar-refractivity contribution in [2.75, 3.05) is 6.61 Å². The first-order chi connectivity index (χ1) is 10.8. The van der Waals surface area contributed by atoms with Gasteiger partial charge >= 0.3 is 5.97 Å². The van der Waals surface area contributed by atoms with E-state index in [0.717, 1.165) is 35.9 Å². The normalized spacial score (nSPS) is 12.0. The van der Waals surface area contributed by atoms with Crippen LogP contribution in [0.3, 0.4) is 0 Å². The highest BCUT2D eigenvalue weighted by molar-refractivity contribution is 5.97. The molecular weight excluding hydrogens is 290 g/mol. The summed E-state index contributed by atoms with van der Waals surface area (Å²) in [6, 6.07) is 3.60. The van der Waals surface area contributed by atoms with E-state index in [0.29, 0.717) is 12.0 Å². The van der Waals surface area contributed by atoms with E-state index in [1.165, 1.54) is 5.56 Å². The number of hydrogen-bond acceptors (Lipinski definition) is 2. The van der Waals surface area contributed by atoms with Crippen LogP contribution in [-0.2, 0) is 18.4 Å². The zero-order valence-electron chi connectivity index (χ0n) is 14.5. The maximum atomic E-state index is 11.5. The van der Waals surface area contributed by atoms with Gasteiger partial charge in [-0.2, -0.15) is 0 Å². The van der Waals surface area contributed by atoms with Gasteiger partial charge in [-0.1, -0.05) is 34.1 Å². The van der Waals surface area contributed by atoms with Gasteiger partial charge in [-0.05, 0) is 41.5 Å². The number of carbonyl (C=O) groups is 1. The van der Waals surface area contributed by atoms with E-state index in [4.69, 9.17) is 5.11 Å². The fourth-order valence-corrected chi connectivity index (χ4v) is 3.09. The molecule has 0 atom stereocenters. The Balaban J connectivity index is 2.79. The molecule has 0 aliphatic carbocycles. The lowest BCUT2D eigenvalue weighted by molar-refractivity contribution is 0.0697. The number of fused-ring (bicyclic) bond motifs is 1. The third-order valence-corrected chi connectivity index (χ3v) is 4.19. The summed E-state index contributed by atoms with van der Waals surface area (Å²) < 4.78 is 2.18. The molecule has 0 saturated carbocycles. The molecule has 2 N–H and O–H groups in total. The topological polar surface area (TPSA) is 62.5 Å². The predicted octanol–water partition coefficient (Wildman–Crippen LogP) is 3.97. The highest BCUT2D eigenvalue weighted by atomic mass is 16.4. The smallest absolute Gasteiger partial charge is 0.335 e. The van der Waals surface area contributed by atoms with Crippen molar-refractivity contribution in [3.63, 3.8) is 0 Å². The Bertz CT molecular complexity index is 707. The third-order valence-electron chi connectivity index (χ3n) is 4.19. The van der Waals surface area contributed by atoms with Crippen LogP contribution < -0.4 is 0 Å². The van der Waals surface area contributed by atoms with Crippen molar-refractivity contribution in [2.45, 2.75) is 58.9 Å². The standard InChI is InChI=1S/C19H27NO3/c1-5-7-13-12-20(8-6-9-21)17-15(13)10-14(18(22)23)11-16(17)19(2,3)4/h10-12,21H,5-9H2,1-4H3,(H,22,23). The van der Waals surface area contributed by atoms with Crippen LogP contribution in [0.1, 0.15) is 62.0 Å². The fourth-order valence-electron chi connectivity index (χ4n) is 3.09. The molecule has 23 heavy (non-hydrogen) atoms. The second-order valence-corrected chi connectivity index (χ2v) is 7.15. The SMILES string of the molecule is CCCc1cn(CCCO)c2c(C(C)(C)C)cc(C(=O)O)cc12. The van der Waals surface area contributed by atoms with Crippen LogP contribution in [0.2, 0.25) is 0 Å². The van der Waals surface area contributed by atoms with Crippen LogP contribution in [0, 0.1) is 0 Å². The van der Waals surface area contributed by atoms with Gasteiger partial charge in [-0.25, -0.2) is 4.79 Å². The monoisotopic (exact) mass is 317 g/mol. The van der Waals surface area contributed by atoms with Crippen LogP contribution in [0.5, 0.6) is 0 Å². The number of aliphatic hydroxyl groups excluding tert-OH is 1. The molecule has 4 heteroatoms. The average Bonchev–Trinajstić information content (AvgIpc) is 2.81. The summed E-state index contributed by atoms with van der Waals surface area (Å²) in [4.78, 5) is 11.5. The molecule has 0 bridgehead atoms. The first-order valence-corrected chi connectivity index (χ1v) is 8.30. The Hall–Kier alpha value is -1.81. The lowest BCUT2D eigenvalue weighted by atomic mass is 9.84. The average molecular weight is 317 g/mol. The summed E-state index contributed by atoms with van der Waals surface area (Å²) in [5.74, 6) is -0.886. The van der Waals surface area contributed by atoms with Crippen molar-refractivity contribution >= 4 is 16.9 Å². The first-order valence-electron chi connectivity index (χ1n) is 8.30. The Kier molecular flexibility index (Phi) is 5.15. The van der Waals surface area contributed by atoms with E-state index in [-0.39, 0.29) is 12.0 Å². The number of rotatable bonds is 6. The summed E-state index contributed by atoms with van der Waals surface area (Å²) in [6.45, 7) is 9.35. The summed E-state index contributed by atoms with van der Waals surface area (Å²) in [7, 11) is 0. The lowest BCUT2D eigenvalue weighted by Gasteiger charge is -2.22. The minimum atomic E-state index is -0.886. The molecule has 4 nitrogen and oxygen atoms in total. The van der Waals surface area contributed by atoms with Crippen LogP contribution in [0.4, 0.5) is 0 Å². The molecule has 0 aliphatic rings. The minimum Gasteiger partial charge on any atom is -0.478 e. The number of nitrogens with zero attached hydrogens (tertiary/aromatic N) is 1. The summed E-state index contributed by atoms with van der Waals surface area (Å²) >= 11 is 0. The highest BCUT2D eigenvalue weighted by Crippen LogP contribution is 2.35. The van der Waals surface area contributed by atoms with Gasteiger partial charge in [0.05, 0.1) is 11.1 Å². The van der Waals surface area contributed by atoms with Crippen molar-refractivity contribution < 1.29 is 15.0 Å². The van der Waals surface area contributed by atoms with Gasteiger partial charge in [0, 0.05) is 24.7 Å². The van der Waals surface area contributed by atoms with Crippen molar-refractivity contribution in [3.8, 4) is 0 Å². The van der Waals surface area contributed by atoms with E-state index in [1.54, 1.807) is 12.1 Å². The largest absolute Gasteiger partial charge is 0.478 e. The van der Waals surface area contributed by atoms with Gasteiger partial charge in [0.25, 0.3) is 0 Å². The number of carboxylic acid groups (broad SMARTS) is 1. The van der Waals surface area contributed by atoms with Crippen molar-refractivity contribution in [1.29, 1.82) is 0 Å². The second kappa shape index (κ2) is 6.75. The van der Waals surface area contributed by atoms with Crippen LogP contribution in [-0.4, -0.2) is 27.4 Å². The summed E-state index contributed by atoms with van der Waals surface area (Å²) in [5.41, 5.74) is 3.54. The van der Waals surface area contributed by atoms with E-state index in [2.05, 4.69) is 38.5 Å². The second-order valence-electron chi connectivity index (χ2n) is 7.15. The molecule has 0 spiro atoms. The first kappa shape index (κ1) is 17.5. The molecule has 2 aromatic rings. The number of benzene rings is 1. The zero-order chi connectivity index (χ0) is 17.2. The fraction of sp³-hybridized carbons (Fsp3) is 0.526. The number of aliphatic hydroxyl groups is 1. The van der Waals surface area contributed by atoms with Gasteiger partial charge in [0.2, 0.25) is 0 Å². The van der Waals surface area contributed by atoms with Crippen LogP contribution >= 0.6 is 0 Å². The molecule has 1 aromatic carbocycles. The zero-order valence-corrected chi connectivity index (χ0v) is 14.5. The van der Waals surface area contributed by atoms with Gasteiger partial charge in [0.1, 0.15) is 0 Å². The minimum absolute atomic E-state index is 0.150. The van der Waals surface area contributed by atoms with Crippen LogP contribution in [0.15, 0.2) is 18.3 Å². The molecule has 2 rings (SSSR count). The number of hydrogen-bond donors (Lipinski definition) is 2. The molecule has 1 aromatic heterocycles. The third kappa shape index (κ3) is 3.58. The predicted molar refractivity (Wildman–Crippen MR) is 93.3 cm³/mol. The van der Waals surface area contributed by atoms with E-state index < -0.39 is 5.97 Å². The van der Waals surface area contributed by atoms with Gasteiger partial charge in [-0.3, -0.25) is 0 Å². The number of aromatic nitrogens is 1. The molecule has 0 fully saturated rings. The van der Waals surface area contributed by atoms with Gasteiger partial charge < -0.3 is 14.8 Å². The van der Waals surface area contributed by atoms with Gasteiger partial charge in [0.15, 0.2) is 0 Å². The Morgan fingerprint density at radius 1 is 1.26 bits per heavy atom. The number of aromatic carboxylic acids is 1. The summed E-state index contributed by atoms with van der Waals surface area (Å²) in [6.07, 6.45) is 4.76. The molecule has 126 valence electrons. The van der Waals surface area contributed by atoms with Crippen molar-refractivity contribution in [1.82, 2.24) is 4.57 Å². The molecule has 1 heterocycles. The maximum Gasteiger partial charge on any atom is 0.335 e. The van der Waals surface area contributed by atoms with Crippen molar-refractivity contribution in [3.05, 3.63) is 35.0 Å². The molecule has 0 saturated heterocycles. The lowest BCUT2D eigenvalue weighted by Crippen LogP contribution is -2.15. The highest BCUT2D eigenvalue weighted by Gasteiger charge is 2.23. The quantitative estimate of drug-likeness (QED) is 0.847. The van der Waals surface area contributed by atoms with E-state index >= 15 is 0 Å². The maximum absolute atomic E-state index is 11.5. The van der Waals surface area contributed by atoms with E-state index in [1.807, 2.05) is 0 Å². The summed E-state index contributed by atoms with van der Waals surface area (Å²) in [5, 5.41) is 19.7. The molecule has 0 unspecified atom stereocenters. The molecule has 0 radical (unpaired) electrons. The molecular formula is C19H27NO3. The van der Waals surface area contributed by atoms with E-state index in [9.17, 15) is 9.90 Å². The Labute approximate surface area is 137 Å². The Morgan fingerprint density at radius 3 is 2.48 bits per heavy atom. The molecule has 0 aliphatic heterocycles. The number of carboxylic acids is 1. The number of aryl methyl sites for hydroxylation is 2. The van der Waals surface area contributed by atoms with Crippen molar-refractivity contribution in [2.24, 2.45) is 0 Å². The molecule has 0 amide bonds. The van der Waals surface area contributed by atoms with Gasteiger partial charge in [-0.15, -0.1) is 0 Å².